The fraction of sp³-hybridized carbons (Fsp3) is 0.444. The molecule has 6 heteroatoms. The van der Waals surface area contributed by atoms with Gasteiger partial charge in [0, 0.05) is 31.4 Å². The molecule has 3 rings (SSSR count). The molecule has 0 saturated carbocycles. The standard InChI is InChI=1S/C18H23N3O2S/c22-18(19-7-4-8-21-9-11-23-12-10-21)16-14-24-17(20-16)13-15-5-2-1-3-6-15/h1-3,5-6,14H,4,7-13H2,(H,19,22). The van der Waals surface area contributed by atoms with E-state index in [9.17, 15) is 4.79 Å². The molecule has 0 unspecified atom stereocenters. The minimum Gasteiger partial charge on any atom is -0.379 e. The summed E-state index contributed by atoms with van der Waals surface area (Å²) in [6, 6.07) is 10.2. The van der Waals surface area contributed by atoms with Crippen molar-refractivity contribution in [3.05, 3.63) is 52.0 Å². The van der Waals surface area contributed by atoms with Crippen molar-refractivity contribution in [3.63, 3.8) is 0 Å². The third-order valence-corrected chi connectivity index (χ3v) is 4.87. The minimum atomic E-state index is -0.0764. The molecule has 24 heavy (non-hydrogen) atoms. The Bertz CT molecular complexity index is 639. The Morgan fingerprint density at radius 2 is 2.04 bits per heavy atom. The number of morpholine rings is 1. The van der Waals surface area contributed by atoms with Crippen molar-refractivity contribution in [1.82, 2.24) is 15.2 Å². The first-order valence-corrected chi connectivity index (χ1v) is 9.26. The fourth-order valence-corrected chi connectivity index (χ4v) is 3.50. The zero-order valence-electron chi connectivity index (χ0n) is 13.7. The van der Waals surface area contributed by atoms with Gasteiger partial charge < -0.3 is 10.1 Å². The van der Waals surface area contributed by atoms with Gasteiger partial charge in [-0.1, -0.05) is 30.3 Å². The molecule has 2 heterocycles. The number of thiazole rings is 1. The maximum atomic E-state index is 12.2. The molecule has 1 aromatic heterocycles. The molecule has 1 fully saturated rings. The third kappa shape index (κ3) is 5.12. The number of benzene rings is 1. The fourth-order valence-electron chi connectivity index (χ4n) is 2.69. The average molecular weight is 345 g/mol. The molecule has 0 spiro atoms. The highest BCUT2D eigenvalue weighted by Crippen LogP contribution is 2.14. The van der Waals surface area contributed by atoms with Gasteiger partial charge in [-0.25, -0.2) is 4.98 Å². The highest BCUT2D eigenvalue weighted by atomic mass is 32.1. The zero-order chi connectivity index (χ0) is 16.6. The summed E-state index contributed by atoms with van der Waals surface area (Å²) < 4.78 is 5.33. The Morgan fingerprint density at radius 3 is 2.83 bits per heavy atom. The van der Waals surface area contributed by atoms with E-state index in [0.29, 0.717) is 12.2 Å². The number of ether oxygens (including phenoxy) is 1. The molecule has 1 aromatic carbocycles. The molecule has 2 aromatic rings. The van der Waals surface area contributed by atoms with Crippen molar-refractivity contribution in [1.29, 1.82) is 0 Å². The summed E-state index contributed by atoms with van der Waals surface area (Å²) in [6.07, 6.45) is 1.72. The van der Waals surface area contributed by atoms with Crippen LogP contribution in [0.25, 0.3) is 0 Å². The van der Waals surface area contributed by atoms with Crippen molar-refractivity contribution in [3.8, 4) is 0 Å². The Hall–Kier alpha value is -1.76. The number of rotatable bonds is 7. The Kier molecular flexibility index (Phi) is 6.34. The molecule has 1 aliphatic rings. The van der Waals surface area contributed by atoms with E-state index in [-0.39, 0.29) is 5.91 Å². The lowest BCUT2D eigenvalue weighted by Crippen LogP contribution is -2.38. The molecular weight excluding hydrogens is 322 g/mol. The number of carbonyl (C=O) groups excluding carboxylic acids is 1. The number of aromatic nitrogens is 1. The highest BCUT2D eigenvalue weighted by molar-refractivity contribution is 7.09. The van der Waals surface area contributed by atoms with Crippen LogP contribution < -0.4 is 5.32 Å². The topological polar surface area (TPSA) is 54.5 Å². The van der Waals surface area contributed by atoms with Gasteiger partial charge in [0.05, 0.1) is 18.2 Å². The molecule has 0 aliphatic carbocycles. The summed E-state index contributed by atoms with van der Waals surface area (Å²) in [5.41, 5.74) is 1.74. The molecule has 1 saturated heterocycles. The van der Waals surface area contributed by atoms with E-state index < -0.39 is 0 Å². The van der Waals surface area contributed by atoms with Gasteiger partial charge in [0.2, 0.25) is 0 Å². The predicted molar refractivity (Wildman–Crippen MR) is 95.6 cm³/mol. The largest absolute Gasteiger partial charge is 0.379 e. The first-order valence-electron chi connectivity index (χ1n) is 8.38. The van der Waals surface area contributed by atoms with Crippen LogP contribution in [-0.2, 0) is 11.2 Å². The molecule has 1 amide bonds. The first-order chi connectivity index (χ1) is 11.8. The molecule has 128 valence electrons. The lowest BCUT2D eigenvalue weighted by molar-refractivity contribution is 0.0374. The molecule has 0 radical (unpaired) electrons. The number of hydrogen-bond acceptors (Lipinski definition) is 5. The number of amides is 1. The van der Waals surface area contributed by atoms with Crippen molar-refractivity contribution in [2.75, 3.05) is 39.4 Å². The SMILES string of the molecule is O=C(NCCCN1CCOCC1)c1csc(Cc2ccccc2)n1. The molecule has 1 aliphatic heterocycles. The number of nitrogens with one attached hydrogen (secondary N) is 1. The molecular formula is C18H23N3O2S. The van der Waals surface area contributed by atoms with Gasteiger partial charge in [-0.15, -0.1) is 11.3 Å². The summed E-state index contributed by atoms with van der Waals surface area (Å²) >= 11 is 1.54. The van der Waals surface area contributed by atoms with Gasteiger partial charge in [-0.2, -0.15) is 0 Å². The van der Waals surface area contributed by atoms with Crippen LogP contribution in [0.4, 0.5) is 0 Å². The van der Waals surface area contributed by atoms with E-state index in [1.165, 1.54) is 5.56 Å². The number of carbonyl (C=O) groups is 1. The van der Waals surface area contributed by atoms with Crippen molar-refractivity contribution in [2.45, 2.75) is 12.8 Å². The Balaban J connectivity index is 1.40. The maximum absolute atomic E-state index is 12.2. The van der Waals surface area contributed by atoms with E-state index in [4.69, 9.17) is 4.74 Å². The monoisotopic (exact) mass is 345 g/mol. The van der Waals surface area contributed by atoms with Gasteiger partial charge >= 0.3 is 0 Å². The van der Waals surface area contributed by atoms with Gasteiger partial charge in [0.25, 0.3) is 5.91 Å². The smallest absolute Gasteiger partial charge is 0.270 e. The van der Waals surface area contributed by atoms with Gasteiger partial charge in [-0.3, -0.25) is 9.69 Å². The predicted octanol–water partition coefficient (Wildman–Crippen LogP) is 2.19. The highest BCUT2D eigenvalue weighted by Gasteiger charge is 2.12. The van der Waals surface area contributed by atoms with Crippen LogP contribution in [0.2, 0.25) is 0 Å². The second kappa shape index (κ2) is 8.92. The van der Waals surface area contributed by atoms with E-state index in [1.54, 1.807) is 11.3 Å². The normalized spacial score (nSPS) is 15.3. The second-order valence-electron chi connectivity index (χ2n) is 5.85. The van der Waals surface area contributed by atoms with Crippen LogP contribution in [-0.4, -0.2) is 55.2 Å². The van der Waals surface area contributed by atoms with Crippen LogP contribution >= 0.6 is 11.3 Å². The summed E-state index contributed by atoms with van der Waals surface area (Å²) in [6.45, 7) is 5.29. The Labute approximate surface area is 146 Å². The van der Waals surface area contributed by atoms with Crippen LogP contribution in [0, 0.1) is 0 Å². The number of nitrogens with zero attached hydrogens (tertiary/aromatic N) is 2. The lowest BCUT2D eigenvalue weighted by Gasteiger charge is -2.26. The maximum Gasteiger partial charge on any atom is 0.270 e. The van der Waals surface area contributed by atoms with Crippen molar-refractivity contribution >= 4 is 17.2 Å². The second-order valence-corrected chi connectivity index (χ2v) is 6.79. The van der Waals surface area contributed by atoms with E-state index >= 15 is 0 Å². The van der Waals surface area contributed by atoms with Crippen LogP contribution in [0.3, 0.4) is 0 Å². The van der Waals surface area contributed by atoms with Gasteiger partial charge in [-0.05, 0) is 18.5 Å². The average Bonchev–Trinajstić information content (AvgIpc) is 3.09. The number of hydrogen-bond donors (Lipinski definition) is 1. The van der Waals surface area contributed by atoms with Crippen LogP contribution in [0.5, 0.6) is 0 Å². The summed E-state index contributed by atoms with van der Waals surface area (Å²) in [7, 11) is 0. The quantitative estimate of drug-likeness (QED) is 0.782. The minimum absolute atomic E-state index is 0.0764. The Morgan fingerprint density at radius 1 is 1.25 bits per heavy atom. The molecule has 0 bridgehead atoms. The third-order valence-electron chi connectivity index (χ3n) is 4.02. The van der Waals surface area contributed by atoms with Crippen LogP contribution in [0.1, 0.15) is 27.5 Å². The lowest BCUT2D eigenvalue weighted by atomic mass is 10.2. The molecule has 5 nitrogen and oxygen atoms in total. The van der Waals surface area contributed by atoms with Gasteiger partial charge in [0.1, 0.15) is 5.69 Å². The summed E-state index contributed by atoms with van der Waals surface area (Å²) in [5.74, 6) is -0.0764. The van der Waals surface area contributed by atoms with Crippen LogP contribution in [0.15, 0.2) is 35.7 Å². The van der Waals surface area contributed by atoms with Gasteiger partial charge in [0.15, 0.2) is 0 Å². The molecule has 0 atom stereocenters. The summed E-state index contributed by atoms with van der Waals surface area (Å²) in [5, 5.41) is 5.78. The van der Waals surface area contributed by atoms with E-state index in [0.717, 1.165) is 50.7 Å². The van der Waals surface area contributed by atoms with Crippen molar-refractivity contribution in [2.24, 2.45) is 0 Å². The van der Waals surface area contributed by atoms with Crippen molar-refractivity contribution < 1.29 is 9.53 Å². The molecule has 1 N–H and O–H groups in total. The summed E-state index contributed by atoms with van der Waals surface area (Å²) in [4.78, 5) is 19.0. The van der Waals surface area contributed by atoms with E-state index in [2.05, 4.69) is 27.3 Å². The zero-order valence-corrected chi connectivity index (χ0v) is 14.6. The van der Waals surface area contributed by atoms with E-state index in [1.807, 2.05) is 23.6 Å². The first kappa shape index (κ1) is 17.1.